The highest BCUT2D eigenvalue weighted by Crippen LogP contribution is 2.26. The molecule has 2 heteroatoms. The number of rotatable bonds is 3. The molecule has 1 saturated carbocycles. The van der Waals surface area contributed by atoms with Gasteiger partial charge in [-0.1, -0.05) is 12.8 Å². The van der Waals surface area contributed by atoms with E-state index in [1.54, 1.807) is 6.92 Å². The van der Waals surface area contributed by atoms with E-state index < -0.39 is 0 Å². The van der Waals surface area contributed by atoms with Gasteiger partial charge in [0, 0.05) is 12.5 Å². The van der Waals surface area contributed by atoms with E-state index in [0.29, 0.717) is 17.7 Å². The number of carbonyl (C=O) groups excluding carboxylic acids is 1. The standard InChI is InChI=1S/C10H19NO/c1-8(12)6-7-9-4-2-3-5-10(9)11/h9-10H,2-7,11H2,1H3. The van der Waals surface area contributed by atoms with Crippen LogP contribution >= 0.6 is 0 Å². The Balaban J connectivity index is 2.24. The van der Waals surface area contributed by atoms with Gasteiger partial charge in [0.25, 0.3) is 0 Å². The fourth-order valence-electron chi connectivity index (χ4n) is 1.98. The quantitative estimate of drug-likeness (QED) is 0.701. The normalized spacial score (nSPS) is 30.2. The molecular formula is C10H19NO. The van der Waals surface area contributed by atoms with Crippen molar-refractivity contribution in [2.45, 2.75) is 51.5 Å². The fraction of sp³-hybridized carbons (Fsp3) is 0.900. The lowest BCUT2D eigenvalue weighted by Gasteiger charge is -2.28. The predicted octanol–water partition coefficient (Wildman–Crippen LogP) is 1.87. The number of carbonyl (C=O) groups is 1. The number of nitrogens with two attached hydrogens (primary N) is 1. The van der Waals surface area contributed by atoms with Gasteiger partial charge in [0.15, 0.2) is 0 Å². The van der Waals surface area contributed by atoms with Crippen molar-refractivity contribution in [3.05, 3.63) is 0 Å². The van der Waals surface area contributed by atoms with Gasteiger partial charge in [0.1, 0.15) is 5.78 Å². The van der Waals surface area contributed by atoms with Gasteiger partial charge in [0.2, 0.25) is 0 Å². The maximum atomic E-state index is 10.8. The Morgan fingerprint density at radius 2 is 2.08 bits per heavy atom. The monoisotopic (exact) mass is 169 g/mol. The molecule has 1 rings (SSSR count). The first-order valence-corrected chi connectivity index (χ1v) is 4.95. The minimum atomic E-state index is 0.299. The second-order valence-electron chi connectivity index (χ2n) is 3.95. The van der Waals surface area contributed by atoms with Gasteiger partial charge in [-0.3, -0.25) is 0 Å². The van der Waals surface area contributed by atoms with Gasteiger partial charge < -0.3 is 10.5 Å². The van der Waals surface area contributed by atoms with Crippen molar-refractivity contribution in [2.24, 2.45) is 11.7 Å². The molecule has 2 nitrogen and oxygen atoms in total. The summed E-state index contributed by atoms with van der Waals surface area (Å²) in [5.74, 6) is 0.912. The van der Waals surface area contributed by atoms with Crippen molar-refractivity contribution in [2.75, 3.05) is 0 Å². The Morgan fingerprint density at radius 1 is 1.42 bits per heavy atom. The Kier molecular flexibility index (Phi) is 3.73. The molecule has 70 valence electrons. The van der Waals surface area contributed by atoms with Crippen LogP contribution in [-0.2, 0) is 4.79 Å². The highest BCUT2D eigenvalue weighted by Gasteiger charge is 2.21. The molecule has 0 heterocycles. The van der Waals surface area contributed by atoms with E-state index in [9.17, 15) is 4.79 Å². The van der Waals surface area contributed by atoms with Crippen LogP contribution in [0.25, 0.3) is 0 Å². The molecule has 1 fully saturated rings. The molecule has 0 saturated heterocycles. The molecule has 0 aromatic heterocycles. The third-order valence-corrected chi connectivity index (χ3v) is 2.84. The van der Waals surface area contributed by atoms with E-state index in [0.717, 1.165) is 19.3 Å². The predicted molar refractivity (Wildman–Crippen MR) is 49.8 cm³/mol. The smallest absolute Gasteiger partial charge is 0.129 e. The second-order valence-corrected chi connectivity index (χ2v) is 3.95. The van der Waals surface area contributed by atoms with E-state index in [1.807, 2.05) is 0 Å². The molecule has 1 aliphatic carbocycles. The van der Waals surface area contributed by atoms with Crippen molar-refractivity contribution < 1.29 is 4.79 Å². The highest BCUT2D eigenvalue weighted by molar-refractivity contribution is 5.75. The van der Waals surface area contributed by atoms with Crippen LogP contribution in [0.2, 0.25) is 0 Å². The van der Waals surface area contributed by atoms with E-state index in [2.05, 4.69) is 0 Å². The van der Waals surface area contributed by atoms with Crippen LogP contribution in [-0.4, -0.2) is 11.8 Å². The third kappa shape index (κ3) is 2.94. The van der Waals surface area contributed by atoms with E-state index >= 15 is 0 Å². The summed E-state index contributed by atoms with van der Waals surface area (Å²) in [5.41, 5.74) is 5.95. The molecule has 2 atom stereocenters. The van der Waals surface area contributed by atoms with Crippen LogP contribution in [0.15, 0.2) is 0 Å². The molecule has 0 aromatic carbocycles. The van der Waals surface area contributed by atoms with Crippen molar-refractivity contribution in [1.82, 2.24) is 0 Å². The van der Waals surface area contributed by atoms with Gasteiger partial charge in [-0.25, -0.2) is 0 Å². The van der Waals surface area contributed by atoms with Crippen LogP contribution in [0.3, 0.4) is 0 Å². The Morgan fingerprint density at radius 3 is 2.67 bits per heavy atom. The molecule has 2 unspecified atom stereocenters. The molecule has 0 aromatic rings. The van der Waals surface area contributed by atoms with Gasteiger partial charge in [0.05, 0.1) is 0 Å². The highest BCUT2D eigenvalue weighted by atomic mass is 16.1. The van der Waals surface area contributed by atoms with Gasteiger partial charge in [-0.2, -0.15) is 0 Å². The van der Waals surface area contributed by atoms with Crippen molar-refractivity contribution in [1.29, 1.82) is 0 Å². The summed E-state index contributed by atoms with van der Waals surface area (Å²) in [4.78, 5) is 10.8. The molecule has 0 radical (unpaired) electrons. The van der Waals surface area contributed by atoms with E-state index in [4.69, 9.17) is 5.73 Å². The Labute approximate surface area is 74.5 Å². The summed E-state index contributed by atoms with van der Waals surface area (Å²) >= 11 is 0. The molecule has 2 N–H and O–H groups in total. The number of hydrogen-bond acceptors (Lipinski definition) is 2. The van der Waals surface area contributed by atoms with E-state index in [-0.39, 0.29) is 0 Å². The van der Waals surface area contributed by atoms with Crippen LogP contribution in [0.4, 0.5) is 0 Å². The number of ketones is 1. The largest absolute Gasteiger partial charge is 0.327 e. The molecule has 0 spiro atoms. The summed E-state index contributed by atoms with van der Waals surface area (Å²) in [6, 6.07) is 0.359. The second kappa shape index (κ2) is 4.61. The zero-order valence-corrected chi connectivity index (χ0v) is 7.88. The molecule has 0 aliphatic heterocycles. The van der Waals surface area contributed by atoms with Gasteiger partial charge in [-0.15, -0.1) is 0 Å². The van der Waals surface area contributed by atoms with Gasteiger partial charge in [-0.05, 0) is 32.1 Å². The minimum Gasteiger partial charge on any atom is -0.327 e. The van der Waals surface area contributed by atoms with Crippen molar-refractivity contribution >= 4 is 5.78 Å². The van der Waals surface area contributed by atoms with Crippen molar-refractivity contribution in [3.8, 4) is 0 Å². The topological polar surface area (TPSA) is 43.1 Å². The minimum absolute atomic E-state index is 0.299. The summed E-state index contributed by atoms with van der Waals surface area (Å²) in [5, 5.41) is 0. The molecule has 12 heavy (non-hydrogen) atoms. The third-order valence-electron chi connectivity index (χ3n) is 2.84. The summed E-state index contributed by atoms with van der Waals surface area (Å²) < 4.78 is 0. The first-order chi connectivity index (χ1) is 5.70. The maximum absolute atomic E-state index is 10.8. The van der Waals surface area contributed by atoms with Crippen LogP contribution < -0.4 is 5.73 Å². The molecule has 0 amide bonds. The molecule has 1 aliphatic rings. The van der Waals surface area contributed by atoms with Crippen LogP contribution in [0.5, 0.6) is 0 Å². The van der Waals surface area contributed by atoms with Gasteiger partial charge >= 0.3 is 0 Å². The summed E-state index contributed by atoms with van der Waals surface area (Å²) in [6.45, 7) is 1.66. The van der Waals surface area contributed by atoms with Crippen LogP contribution in [0, 0.1) is 5.92 Å². The average Bonchev–Trinajstić information content (AvgIpc) is 2.03. The number of hydrogen-bond donors (Lipinski definition) is 1. The Bertz CT molecular complexity index is 156. The molecule has 0 bridgehead atoms. The lowest BCUT2D eigenvalue weighted by atomic mass is 9.82. The Hall–Kier alpha value is -0.370. The zero-order chi connectivity index (χ0) is 8.97. The maximum Gasteiger partial charge on any atom is 0.129 e. The summed E-state index contributed by atoms with van der Waals surface area (Å²) in [7, 11) is 0. The zero-order valence-electron chi connectivity index (χ0n) is 7.88. The average molecular weight is 169 g/mol. The first kappa shape index (κ1) is 9.72. The SMILES string of the molecule is CC(=O)CCC1CCCCC1N. The lowest BCUT2D eigenvalue weighted by molar-refractivity contribution is -0.117. The van der Waals surface area contributed by atoms with E-state index in [1.165, 1.54) is 19.3 Å². The van der Waals surface area contributed by atoms with Crippen LogP contribution in [0.1, 0.15) is 45.4 Å². The first-order valence-electron chi connectivity index (χ1n) is 4.95. The lowest BCUT2D eigenvalue weighted by Crippen LogP contribution is -2.33. The fourth-order valence-corrected chi connectivity index (χ4v) is 1.98. The molecular weight excluding hydrogens is 150 g/mol. The number of Topliss-reactive ketones (excluding diaryl/α,β-unsaturated/α-hetero) is 1. The summed E-state index contributed by atoms with van der Waals surface area (Å²) in [6.07, 6.45) is 6.69. The van der Waals surface area contributed by atoms with Crippen molar-refractivity contribution in [3.63, 3.8) is 0 Å².